The molecule has 1 amide bonds. The molecule has 0 aliphatic rings. The van der Waals surface area contributed by atoms with Crippen molar-refractivity contribution in [3.8, 4) is 0 Å². The minimum atomic E-state index is 0.184. The molecule has 27 heavy (non-hydrogen) atoms. The van der Waals surface area contributed by atoms with E-state index >= 15 is 0 Å². The summed E-state index contributed by atoms with van der Waals surface area (Å²) in [5.41, 5.74) is 0. The molecule has 0 heterocycles. The molecule has 0 bridgehead atoms. The fraction of sp³-hybridized carbons (Fsp3) is 0.955. The van der Waals surface area contributed by atoms with Gasteiger partial charge in [0.05, 0.1) is 0 Å². The van der Waals surface area contributed by atoms with Crippen LogP contribution in [0.15, 0.2) is 0 Å². The first-order valence-corrected chi connectivity index (χ1v) is 13.0. The maximum Gasteiger partial charge on any atom is 0.219 e. The van der Waals surface area contributed by atoms with E-state index in [-0.39, 0.29) is 5.91 Å². The van der Waals surface area contributed by atoms with Gasteiger partial charge in [-0.2, -0.15) is 0 Å². The summed E-state index contributed by atoms with van der Waals surface area (Å²) in [7, 11) is 1.69. The van der Waals surface area contributed by atoms with E-state index in [2.05, 4.69) is 44.1 Å². The SMILES string of the molecule is CCCCCCCC[C@H](Br)[C@H](Br)CCCCCCCC(=O)NCCCOC. The van der Waals surface area contributed by atoms with Crippen LogP contribution in [0, 0.1) is 0 Å². The highest BCUT2D eigenvalue weighted by Crippen LogP contribution is 2.25. The van der Waals surface area contributed by atoms with E-state index in [4.69, 9.17) is 4.74 Å². The number of hydrogen-bond acceptors (Lipinski definition) is 2. The van der Waals surface area contributed by atoms with Crippen molar-refractivity contribution in [1.29, 1.82) is 0 Å². The van der Waals surface area contributed by atoms with E-state index in [1.807, 2.05) is 0 Å². The molecule has 0 saturated heterocycles. The molecule has 0 rings (SSSR count). The number of carbonyl (C=O) groups is 1. The van der Waals surface area contributed by atoms with Crippen LogP contribution in [-0.2, 0) is 9.53 Å². The van der Waals surface area contributed by atoms with Gasteiger partial charge in [-0.05, 0) is 25.7 Å². The lowest BCUT2D eigenvalue weighted by Crippen LogP contribution is -2.24. The Labute approximate surface area is 185 Å². The molecule has 2 atom stereocenters. The molecule has 1 N–H and O–H groups in total. The van der Waals surface area contributed by atoms with Crippen LogP contribution in [0.2, 0.25) is 0 Å². The third-order valence-electron chi connectivity index (χ3n) is 4.96. The van der Waals surface area contributed by atoms with E-state index in [1.54, 1.807) is 7.11 Å². The number of amides is 1. The third-order valence-corrected chi connectivity index (χ3v) is 7.86. The molecule has 0 aromatic rings. The zero-order valence-corrected chi connectivity index (χ0v) is 20.9. The molecule has 3 nitrogen and oxygen atoms in total. The number of ether oxygens (including phenoxy) is 1. The van der Waals surface area contributed by atoms with E-state index in [1.165, 1.54) is 70.6 Å². The van der Waals surface area contributed by atoms with Gasteiger partial charge in [-0.1, -0.05) is 103 Å². The number of hydrogen-bond donors (Lipinski definition) is 1. The minimum Gasteiger partial charge on any atom is -0.385 e. The van der Waals surface area contributed by atoms with E-state index in [0.29, 0.717) is 22.7 Å². The van der Waals surface area contributed by atoms with Crippen LogP contribution < -0.4 is 5.32 Å². The molecular weight excluding hydrogens is 470 g/mol. The van der Waals surface area contributed by atoms with Crippen molar-refractivity contribution in [1.82, 2.24) is 5.32 Å². The highest BCUT2D eigenvalue weighted by Gasteiger charge is 2.14. The normalized spacial score (nSPS) is 13.5. The minimum absolute atomic E-state index is 0.184. The molecule has 162 valence electrons. The molecule has 0 radical (unpaired) electrons. The quantitative estimate of drug-likeness (QED) is 0.139. The highest BCUT2D eigenvalue weighted by atomic mass is 79.9. The van der Waals surface area contributed by atoms with Gasteiger partial charge >= 0.3 is 0 Å². The Morgan fingerprint density at radius 1 is 0.815 bits per heavy atom. The predicted molar refractivity (Wildman–Crippen MR) is 125 cm³/mol. The second-order valence-electron chi connectivity index (χ2n) is 7.59. The molecule has 0 aliphatic heterocycles. The summed E-state index contributed by atoms with van der Waals surface area (Å²) in [4.78, 5) is 12.8. The zero-order valence-electron chi connectivity index (χ0n) is 17.7. The molecule has 0 aliphatic carbocycles. The first-order valence-electron chi connectivity index (χ1n) is 11.2. The lowest BCUT2D eigenvalue weighted by atomic mass is 10.0. The third kappa shape index (κ3) is 19.5. The Hall–Kier alpha value is 0.390. The molecule has 0 saturated carbocycles. The number of halogens is 2. The number of unbranched alkanes of at least 4 members (excludes halogenated alkanes) is 9. The molecule has 0 unspecified atom stereocenters. The molecule has 0 spiro atoms. The van der Waals surface area contributed by atoms with Crippen LogP contribution in [0.5, 0.6) is 0 Å². The molecular formula is C22H43Br2NO2. The summed E-state index contributed by atoms with van der Waals surface area (Å²) in [6.07, 6.45) is 18.3. The first kappa shape index (κ1) is 27.4. The molecule has 0 fully saturated rings. The molecule has 0 aromatic heterocycles. The van der Waals surface area contributed by atoms with Gasteiger partial charge in [0.2, 0.25) is 5.91 Å². The van der Waals surface area contributed by atoms with Gasteiger partial charge in [-0.15, -0.1) is 0 Å². The van der Waals surface area contributed by atoms with Gasteiger partial charge in [0.15, 0.2) is 0 Å². The maximum absolute atomic E-state index is 11.7. The topological polar surface area (TPSA) is 38.3 Å². The lowest BCUT2D eigenvalue weighted by Gasteiger charge is -2.16. The molecule has 0 aromatic carbocycles. The highest BCUT2D eigenvalue weighted by molar-refractivity contribution is 9.12. The zero-order chi connectivity index (χ0) is 20.2. The summed E-state index contributed by atoms with van der Waals surface area (Å²) in [5, 5.41) is 2.95. The summed E-state index contributed by atoms with van der Waals surface area (Å²) >= 11 is 7.73. The van der Waals surface area contributed by atoms with Crippen molar-refractivity contribution in [2.75, 3.05) is 20.3 Å². The predicted octanol–water partition coefficient (Wildman–Crippen LogP) is 7.15. The average Bonchev–Trinajstić information content (AvgIpc) is 2.66. The van der Waals surface area contributed by atoms with Gasteiger partial charge in [-0.3, -0.25) is 4.79 Å². The van der Waals surface area contributed by atoms with Gasteiger partial charge in [0, 0.05) is 36.3 Å². The van der Waals surface area contributed by atoms with Crippen molar-refractivity contribution in [2.45, 2.75) is 113 Å². The summed E-state index contributed by atoms with van der Waals surface area (Å²) in [5.74, 6) is 0.184. The van der Waals surface area contributed by atoms with E-state index in [9.17, 15) is 4.79 Å². The number of nitrogens with one attached hydrogen (secondary N) is 1. The van der Waals surface area contributed by atoms with Crippen LogP contribution in [0.4, 0.5) is 0 Å². The number of alkyl halides is 2. The van der Waals surface area contributed by atoms with Crippen molar-refractivity contribution in [2.24, 2.45) is 0 Å². The Morgan fingerprint density at radius 2 is 1.33 bits per heavy atom. The summed E-state index contributed by atoms with van der Waals surface area (Å²) < 4.78 is 4.97. The summed E-state index contributed by atoms with van der Waals surface area (Å²) in [6, 6.07) is 0. The average molecular weight is 513 g/mol. The number of carbonyl (C=O) groups excluding carboxylic acids is 1. The largest absolute Gasteiger partial charge is 0.385 e. The van der Waals surface area contributed by atoms with Crippen molar-refractivity contribution >= 4 is 37.8 Å². The van der Waals surface area contributed by atoms with Gasteiger partial charge < -0.3 is 10.1 Å². The van der Waals surface area contributed by atoms with Crippen LogP contribution in [0.25, 0.3) is 0 Å². The fourth-order valence-electron chi connectivity index (χ4n) is 3.17. The van der Waals surface area contributed by atoms with Crippen LogP contribution >= 0.6 is 31.9 Å². The Balaban J connectivity index is 3.41. The van der Waals surface area contributed by atoms with Crippen LogP contribution in [0.1, 0.15) is 103 Å². The lowest BCUT2D eigenvalue weighted by molar-refractivity contribution is -0.121. The monoisotopic (exact) mass is 511 g/mol. The summed E-state index contributed by atoms with van der Waals surface area (Å²) in [6.45, 7) is 3.71. The second kappa shape index (κ2) is 21.1. The van der Waals surface area contributed by atoms with Crippen molar-refractivity contribution in [3.63, 3.8) is 0 Å². The van der Waals surface area contributed by atoms with Gasteiger partial charge in [-0.25, -0.2) is 0 Å². The number of methoxy groups -OCH3 is 1. The van der Waals surface area contributed by atoms with Crippen molar-refractivity contribution < 1.29 is 9.53 Å². The van der Waals surface area contributed by atoms with E-state index in [0.717, 1.165) is 25.8 Å². The van der Waals surface area contributed by atoms with Crippen LogP contribution in [-0.4, -0.2) is 35.8 Å². The van der Waals surface area contributed by atoms with Crippen LogP contribution in [0.3, 0.4) is 0 Å². The second-order valence-corrected chi connectivity index (χ2v) is 9.94. The van der Waals surface area contributed by atoms with E-state index < -0.39 is 0 Å². The number of rotatable bonds is 20. The molecule has 5 heteroatoms. The van der Waals surface area contributed by atoms with Crippen molar-refractivity contribution in [3.05, 3.63) is 0 Å². The maximum atomic E-state index is 11.7. The standard InChI is InChI=1S/C22H43Br2NO2/c1-3-4-5-6-8-11-15-20(23)21(24)16-12-9-7-10-13-17-22(26)25-18-14-19-27-2/h20-21H,3-19H2,1-2H3,(H,25,26)/t20-,21+/m0/s1. The first-order chi connectivity index (χ1) is 13.1. The Morgan fingerprint density at radius 3 is 1.89 bits per heavy atom. The Kier molecular flexibility index (Phi) is 21.4. The Bertz CT molecular complexity index is 329. The van der Waals surface area contributed by atoms with Gasteiger partial charge in [0.1, 0.15) is 0 Å². The van der Waals surface area contributed by atoms with Gasteiger partial charge in [0.25, 0.3) is 0 Å². The smallest absolute Gasteiger partial charge is 0.219 e. The fourth-order valence-corrected chi connectivity index (χ4v) is 4.35.